The molecule has 0 radical (unpaired) electrons. The van der Waals surface area contributed by atoms with Crippen LogP contribution in [0.15, 0.2) is 267 Å². The summed E-state index contributed by atoms with van der Waals surface area (Å²) in [6.45, 7) is 4.73. The van der Waals surface area contributed by atoms with Gasteiger partial charge in [-0.3, -0.25) is 0 Å². The van der Waals surface area contributed by atoms with Crippen LogP contribution >= 0.6 is 0 Å². The van der Waals surface area contributed by atoms with Crippen molar-refractivity contribution in [2.75, 3.05) is 0 Å². The third-order valence-corrected chi connectivity index (χ3v) is 15.5. The first-order valence-electron chi connectivity index (χ1n) is 26.1. The van der Waals surface area contributed by atoms with Crippen LogP contribution in [0.5, 0.6) is 0 Å². The van der Waals surface area contributed by atoms with Gasteiger partial charge in [-0.2, -0.15) is 0 Å². The van der Waals surface area contributed by atoms with Gasteiger partial charge in [0, 0.05) is 38.6 Å². The minimum absolute atomic E-state index is 0.128. The SMILES string of the molecule is CC1(C)c2ccccc2-c2cc3c4ccccc4n(-c4ccc(-c5cc(-c6ccccc6)cc(-c6ccccc6-c6ccccc6)c5-c5cccc(-c6nc(-c7ccccc7)nc(-c7ccccc7)n6)c5)cc4)c3cc21. The van der Waals surface area contributed by atoms with Crippen molar-refractivity contribution in [3.63, 3.8) is 0 Å². The predicted molar refractivity (Wildman–Crippen MR) is 315 cm³/mol. The van der Waals surface area contributed by atoms with Gasteiger partial charge in [-0.1, -0.05) is 232 Å². The highest BCUT2D eigenvalue weighted by Crippen LogP contribution is 2.52. The van der Waals surface area contributed by atoms with E-state index >= 15 is 0 Å². The van der Waals surface area contributed by atoms with Gasteiger partial charge in [0.15, 0.2) is 17.5 Å². The summed E-state index contributed by atoms with van der Waals surface area (Å²) in [5.41, 5.74) is 22.8. The molecule has 11 aromatic carbocycles. The van der Waals surface area contributed by atoms with E-state index in [-0.39, 0.29) is 5.41 Å². The second-order valence-corrected chi connectivity index (χ2v) is 20.3. The fourth-order valence-corrected chi connectivity index (χ4v) is 11.8. The highest BCUT2D eigenvalue weighted by molar-refractivity contribution is 6.12. The van der Waals surface area contributed by atoms with E-state index < -0.39 is 0 Å². The van der Waals surface area contributed by atoms with Crippen molar-refractivity contribution in [1.82, 2.24) is 19.5 Å². The molecular weight excluding hydrogens is 921 g/mol. The lowest BCUT2D eigenvalue weighted by molar-refractivity contribution is 0.661. The molecule has 2 heterocycles. The normalized spacial score (nSPS) is 12.4. The predicted octanol–water partition coefficient (Wildman–Crippen LogP) is 18.6. The molecule has 1 aliphatic rings. The summed E-state index contributed by atoms with van der Waals surface area (Å²) in [7, 11) is 0. The van der Waals surface area contributed by atoms with E-state index in [2.05, 4.69) is 249 Å². The molecule has 76 heavy (non-hydrogen) atoms. The average molecular weight is 971 g/mol. The molecule has 0 spiro atoms. The van der Waals surface area contributed by atoms with Crippen LogP contribution in [0.4, 0.5) is 0 Å². The molecule has 0 N–H and O–H groups in total. The number of hydrogen-bond acceptors (Lipinski definition) is 3. The Balaban J connectivity index is 0.995. The van der Waals surface area contributed by atoms with Crippen molar-refractivity contribution >= 4 is 21.8 Å². The molecule has 4 nitrogen and oxygen atoms in total. The number of para-hydroxylation sites is 1. The van der Waals surface area contributed by atoms with E-state index in [0.717, 1.165) is 78.0 Å². The lowest BCUT2D eigenvalue weighted by Gasteiger charge is -2.22. The number of hydrogen-bond donors (Lipinski definition) is 0. The van der Waals surface area contributed by atoms with Crippen LogP contribution in [-0.2, 0) is 5.41 Å². The summed E-state index contributed by atoms with van der Waals surface area (Å²) < 4.78 is 2.46. The van der Waals surface area contributed by atoms with Crippen molar-refractivity contribution in [3.8, 4) is 107 Å². The zero-order valence-electron chi connectivity index (χ0n) is 42.2. The van der Waals surface area contributed by atoms with Crippen LogP contribution in [-0.4, -0.2) is 19.5 Å². The van der Waals surface area contributed by atoms with Crippen molar-refractivity contribution < 1.29 is 0 Å². The van der Waals surface area contributed by atoms with Crippen molar-refractivity contribution in [2.45, 2.75) is 19.3 Å². The summed E-state index contributed by atoms with van der Waals surface area (Å²) in [5, 5.41) is 2.51. The minimum Gasteiger partial charge on any atom is -0.309 e. The highest BCUT2D eigenvalue weighted by Gasteiger charge is 2.36. The molecule has 0 bridgehead atoms. The number of rotatable bonds is 9. The van der Waals surface area contributed by atoms with Crippen molar-refractivity contribution in [2.24, 2.45) is 0 Å². The maximum atomic E-state index is 5.19. The summed E-state index contributed by atoms with van der Waals surface area (Å²) >= 11 is 0. The topological polar surface area (TPSA) is 43.6 Å². The average Bonchev–Trinajstić information content (AvgIpc) is 3.97. The van der Waals surface area contributed by atoms with Gasteiger partial charge in [0.2, 0.25) is 0 Å². The van der Waals surface area contributed by atoms with Crippen LogP contribution in [0.25, 0.3) is 128 Å². The molecule has 0 aliphatic heterocycles. The van der Waals surface area contributed by atoms with Crippen molar-refractivity contribution in [3.05, 3.63) is 278 Å². The fourth-order valence-electron chi connectivity index (χ4n) is 11.8. The Hall–Kier alpha value is -9.77. The molecule has 358 valence electrons. The maximum Gasteiger partial charge on any atom is 0.164 e. The van der Waals surface area contributed by atoms with Gasteiger partial charge in [-0.15, -0.1) is 0 Å². The Labute approximate surface area is 443 Å². The Morgan fingerprint density at radius 2 is 0.776 bits per heavy atom. The molecule has 13 aromatic rings. The second-order valence-electron chi connectivity index (χ2n) is 20.3. The molecule has 2 aromatic heterocycles. The lowest BCUT2D eigenvalue weighted by Crippen LogP contribution is -2.14. The Morgan fingerprint density at radius 3 is 1.45 bits per heavy atom. The van der Waals surface area contributed by atoms with Gasteiger partial charge in [0.05, 0.1) is 11.0 Å². The Morgan fingerprint density at radius 1 is 0.276 bits per heavy atom. The van der Waals surface area contributed by atoms with Crippen LogP contribution in [0.2, 0.25) is 0 Å². The quantitative estimate of drug-likeness (QED) is 0.145. The zero-order valence-corrected chi connectivity index (χ0v) is 42.2. The summed E-state index contributed by atoms with van der Waals surface area (Å²) in [4.78, 5) is 15.4. The second kappa shape index (κ2) is 18.3. The largest absolute Gasteiger partial charge is 0.309 e. The van der Waals surface area contributed by atoms with E-state index in [4.69, 9.17) is 15.0 Å². The molecule has 0 amide bonds. The molecule has 0 saturated heterocycles. The first-order chi connectivity index (χ1) is 37.4. The third kappa shape index (κ3) is 7.65. The van der Waals surface area contributed by atoms with Crippen molar-refractivity contribution in [1.29, 1.82) is 0 Å². The number of fused-ring (bicyclic) bond motifs is 6. The zero-order chi connectivity index (χ0) is 50.7. The van der Waals surface area contributed by atoms with E-state index in [1.807, 2.05) is 36.4 Å². The maximum absolute atomic E-state index is 5.19. The van der Waals surface area contributed by atoms with Gasteiger partial charge in [-0.05, 0) is 126 Å². The molecule has 0 unspecified atom stereocenters. The standard InChI is InChI=1S/C72H50N4/c1-72(2)64-36-19-17-34-58(64)61-45-62-59-35-18-20-37-66(59)76(67(62)46-65(61)72)55-40-38-49(39-41-55)60-43-54(47-22-7-3-8-23-47)44-63(57-33-16-15-32-56(57)48-24-9-4-10-25-48)68(60)52-30-21-31-53(42-52)71-74-69(50-26-11-5-12-27-50)73-70(75-71)51-28-13-6-14-29-51/h3-46H,1-2H3. The van der Waals surface area contributed by atoms with Gasteiger partial charge >= 0.3 is 0 Å². The molecule has 0 atom stereocenters. The summed E-state index contributed by atoms with van der Waals surface area (Å²) in [6.07, 6.45) is 0. The van der Waals surface area contributed by atoms with Crippen LogP contribution in [0.3, 0.4) is 0 Å². The van der Waals surface area contributed by atoms with Gasteiger partial charge in [0.25, 0.3) is 0 Å². The minimum atomic E-state index is -0.128. The van der Waals surface area contributed by atoms with Gasteiger partial charge < -0.3 is 4.57 Å². The molecule has 1 aliphatic carbocycles. The molecule has 0 fully saturated rings. The summed E-state index contributed by atoms with van der Waals surface area (Å²) in [5.74, 6) is 1.86. The monoisotopic (exact) mass is 970 g/mol. The first kappa shape index (κ1) is 44.9. The Kier molecular flexibility index (Phi) is 10.8. The fraction of sp³-hybridized carbons (Fsp3) is 0.0417. The Bertz CT molecular complexity index is 4270. The van der Waals surface area contributed by atoms with Crippen LogP contribution < -0.4 is 0 Å². The van der Waals surface area contributed by atoms with E-state index in [9.17, 15) is 0 Å². The van der Waals surface area contributed by atoms with Gasteiger partial charge in [0.1, 0.15) is 0 Å². The molecule has 4 heteroatoms. The molecule has 14 rings (SSSR count). The molecule has 0 saturated carbocycles. The lowest BCUT2D eigenvalue weighted by atomic mass is 9.82. The van der Waals surface area contributed by atoms with E-state index in [0.29, 0.717) is 17.5 Å². The molecular formula is C72H50N4. The van der Waals surface area contributed by atoms with Crippen LogP contribution in [0.1, 0.15) is 25.0 Å². The number of nitrogens with zero attached hydrogens (tertiary/aromatic N) is 4. The summed E-state index contributed by atoms with van der Waals surface area (Å²) in [6, 6.07) is 96.1. The third-order valence-electron chi connectivity index (χ3n) is 15.5. The van der Waals surface area contributed by atoms with Gasteiger partial charge in [-0.25, -0.2) is 15.0 Å². The smallest absolute Gasteiger partial charge is 0.164 e. The van der Waals surface area contributed by atoms with E-state index in [1.54, 1.807) is 0 Å². The first-order valence-corrected chi connectivity index (χ1v) is 26.1. The van der Waals surface area contributed by atoms with E-state index in [1.165, 1.54) is 44.1 Å². The number of aromatic nitrogens is 4. The highest BCUT2D eigenvalue weighted by atomic mass is 15.0. The number of benzene rings is 11. The van der Waals surface area contributed by atoms with Crippen LogP contribution in [0, 0.1) is 0 Å².